The molecule has 0 amide bonds. The van der Waals surface area contributed by atoms with Crippen molar-refractivity contribution < 1.29 is 19.0 Å². The van der Waals surface area contributed by atoms with E-state index in [0.717, 1.165) is 5.00 Å². The molecule has 0 aliphatic heterocycles. The van der Waals surface area contributed by atoms with E-state index in [1.54, 1.807) is 27.2 Å². The van der Waals surface area contributed by atoms with E-state index in [4.69, 9.17) is 19.9 Å². The lowest BCUT2D eigenvalue weighted by atomic mass is 10.4. The van der Waals surface area contributed by atoms with Crippen LogP contribution >= 0.6 is 11.3 Å². The van der Waals surface area contributed by atoms with Crippen molar-refractivity contribution in [3.05, 3.63) is 10.9 Å². The van der Waals surface area contributed by atoms with Crippen molar-refractivity contribution in [1.82, 2.24) is 0 Å². The molecule has 0 spiro atoms. The highest BCUT2D eigenvalue weighted by atomic mass is 32.1. The van der Waals surface area contributed by atoms with Crippen LogP contribution in [0.15, 0.2) is 6.07 Å². The van der Waals surface area contributed by atoms with Crippen molar-refractivity contribution >= 4 is 28.0 Å². The van der Waals surface area contributed by atoms with Crippen LogP contribution in [0.4, 0.5) is 10.7 Å². The van der Waals surface area contributed by atoms with Crippen LogP contribution in [-0.4, -0.2) is 53.1 Å². The van der Waals surface area contributed by atoms with Crippen LogP contribution < -0.4 is 10.6 Å². The monoisotopic (exact) mass is 302 g/mol. The summed E-state index contributed by atoms with van der Waals surface area (Å²) in [6, 6.07) is 1.79. The molecule has 0 bridgehead atoms. The van der Waals surface area contributed by atoms with E-state index in [2.05, 4.69) is 4.90 Å². The molecule has 0 saturated heterocycles. The van der Waals surface area contributed by atoms with E-state index in [1.165, 1.54) is 11.3 Å². The molecule has 2 N–H and O–H groups in total. The van der Waals surface area contributed by atoms with Crippen LogP contribution in [-0.2, 0) is 14.2 Å². The van der Waals surface area contributed by atoms with E-state index in [1.807, 2.05) is 0 Å². The number of ether oxygens (including phenoxy) is 3. The minimum Gasteiger partial charge on any atom is -0.462 e. The second-order valence-electron chi connectivity index (χ2n) is 4.06. The van der Waals surface area contributed by atoms with Gasteiger partial charge in [-0.15, -0.1) is 11.3 Å². The van der Waals surface area contributed by atoms with Gasteiger partial charge in [0.25, 0.3) is 0 Å². The number of hydrogen-bond donors (Lipinski definition) is 1. The molecule has 0 aliphatic rings. The van der Waals surface area contributed by atoms with Gasteiger partial charge in [0, 0.05) is 27.3 Å². The second-order valence-corrected chi connectivity index (χ2v) is 5.09. The van der Waals surface area contributed by atoms with E-state index in [-0.39, 0.29) is 5.97 Å². The second kappa shape index (κ2) is 8.78. The number of nitrogens with zero attached hydrogens (tertiary/aromatic N) is 1. The molecule has 6 nitrogen and oxygen atoms in total. The summed E-state index contributed by atoms with van der Waals surface area (Å²) in [7, 11) is 3.31. The van der Waals surface area contributed by atoms with Crippen molar-refractivity contribution in [2.45, 2.75) is 6.92 Å². The van der Waals surface area contributed by atoms with Crippen LogP contribution in [0.3, 0.4) is 0 Å². The Labute approximate surface area is 123 Å². The van der Waals surface area contributed by atoms with Gasteiger partial charge in [-0.1, -0.05) is 0 Å². The van der Waals surface area contributed by atoms with E-state index in [9.17, 15) is 4.79 Å². The number of thiophene rings is 1. The number of esters is 1. The summed E-state index contributed by atoms with van der Waals surface area (Å²) in [5, 5.41) is 0.916. The van der Waals surface area contributed by atoms with Gasteiger partial charge in [0.2, 0.25) is 0 Å². The zero-order valence-corrected chi connectivity index (χ0v) is 13.0. The molecule has 0 unspecified atom stereocenters. The zero-order chi connectivity index (χ0) is 15.0. The van der Waals surface area contributed by atoms with Crippen molar-refractivity contribution in [3.8, 4) is 0 Å². The topological polar surface area (TPSA) is 74.0 Å². The summed E-state index contributed by atoms with van der Waals surface area (Å²) in [4.78, 5) is 14.3. The van der Waals surface area contributed by atoms with E-state index in [0.29, 0.717) is 43.5 Å². The number of methoxy groups -OCH3 is 2. The molecule has 1 aromatic heterocycles. The van der Waals surface area contributed by atoms with Gasteiger partial charge in [-0.3, -0.25) is 0 Å². The molecule has 1 aromatic rings. The molecule has 0 radical (unpaired) electrons. The fourth-order valence-electron chi connectivity index (χ4n) is 1.64. The molecular formula is C13H22N2O4S. The third kappa shape index (κ3) is 4.66. The first-order valence-electron chi connectivity index (χ1n) is 6.43. The highest BCUT2D eigenvalue weighted by Crippen LogP contribution is 2.32. The van der Waals surface area contributed by atoms with Gasteiger partial charge >= 0.3 is 5.97 Å². The van der Waals surface area contributed by atoms with Crippen molar-refractivity contribution in [2.75, 3.05) is 57.8 Å². The van der Waals surface area contributed by atoms with Gasteiger partial charge in [0.15, 0.2) is 0 Å². The molecule has 0 saturated carbocycles. The maximum atomic E-state index is 11.8. The predicted octanol–water partition coefficient (Wildman–Crippen LogP) is 1.61. The van der Waals surface area contributed by atoms with Crippen LogP contribution in [0.2, 0.25) is 0 Å². The number of hydrogen-bond acceptors (Lipinski definition) is 7. The Bertz CT molecular complexity index is 415. The number of carbonyl (C=O) groups excluding carboxylic acids is 1. The van der Waals surface area contributed by atoms with Crippen LogP contribution in [0.25, 0.3) is 0 Å². The third-order valence-corrected chi connectivity index (χ3v) is 3.84. The first kappa shape index (κ1) is 16.7. The lowest BCUT2D eigenvalue weighted by Crippen LogP contribution is -2.29. The fourth-order valence-corrected chi connectivity index (χ4v) is 2.66. The lowest BCUT2D eigenvalue weighted by molar-refractivity contribution is 0.0533. The first-order chi connectivity index (χ1) is 9.63. The van der Waals surface area contributed by atoms with Crippen LogP contribution in [0, 0.1) is 0 Å². The molecule has 0 aliphatic carbocycles. The Morgan fingerprint density at radius 3 is 2.40 bits per heavy atom. The van der Waals surface area contributed by atoms with Gasteiger partial charge in [0.1, 0.15) is 4.88 Å². The standard InChI is InChI=1S/C13H22N2O4S/c1-4-19-13(16)12-10(14)9-11(20-12)15(5-7-17-2)6-8-18-3/h9H,4-8,14H2,1-3H3. The summed E-state index contributed by atoms with van der Waals surface area (Å²) in [6.07, 6.45) is 0. The Hall–Kier alpha value is -1.31. The number of nitrogens with two attached hydrogens (primary N) is 1. The van der Waals surface area contributed by atoms with Crippen molar-refractivity contribution in [3.63, 3.8) is 0 Å². The smallest absolute Gasteiger partial charge is 0.350 e. The molecule has 7 heteroatoms. The maximum Gasteiger partial charge on any atom is 0.350 e. The van der Waals surface area contributed by atoms with E-state index < -0.39 is 0 Å². The third-order valence-electron chi connectivity index (χ3n) is 2.65. The number of nitrogen functional groups attached to an aromatic ring is 1. The Balaban J connectivity index is 2.84. The van der Waals surface area contributed by atoms with Gasteiger partial charge in [-0.25, -0.2) is 4.79 Å². The van der Waals surface area contributed by atoms with Crippen LogP contribution in [0.1, 0.15) is 16.6 Å². The van der Waals surface area contributed by atoms with Gasteiger partial charge in [-0.05, 0) is 13.0 Å². The van der Waals surface area contributed by atoms with Crippen molar-refractivity contribution in [2.24, 2.45) is 0 Å². The van der Waals surface area contributed by atoms with Gasteiger partial charge in [-0.2, -0.15) is 0 Å². The molecule has 0 atom stereocenters. The number of anilines is 2. The average molecular weight is 302 g/mol. The summed E-state index contributed by atoms with van der Waals surface area (Å²) in [6.45, 7) is 4.71. The largest absolute Gasteiger partial charge is 0.462 e. The molecule has 0 fully saturated rings. The normalized spacial score (nSPS) is 10.6. The first-order valence-corrected chi connectivity index (χ1v) is 7.24. The average Bonchev–Trinajstić information content (AvgIpc) is 2.81. The number of rotatable bonds is 9. The molecular weight excluding hydrogens is 280 g/mol. The molecule has 114 valence electrons. The Morgan fingerprint density at radius 2 is 1.90 bits per heavy atom. The zero-order valence-electron chi connectivity index (χ0n) is 12.2. The molecule has 20 heavy (non-hydrogen) atoms. The fraction of sp³-hybridized carbons (Fsp3) is 0.615. The highest BCUT2D eigenvalue weighted by Gasteiger charge is 2.18. The predicted molar refractivity (Wildman–Crippen MR) is 80.7 cm³/mol. The maximum absolute atomic E-state index is 11.8. The van der Waals surface area contributed by atoms with E-state index >= 15 is 0 Å². The molecule has 0 aromatic carbocycles. The van der Waals surface area contributed by atoms with Gasteiger partial charge < -0.3 is 24.8 Å². The summed E-state index contributed by atoms with van der Waals surface area (Å²) in [5.74, 6) is -0.375. The molecule has 1 rings (SSSR count). The minimum atomic E-state index is -0.375. The highest BCUT2D eigenvalue weighted by molar-refractivity contribution is 7.18. The summed E-state index contributed by atoms with van der Waals surface area (Å²) < 4.78 is 15.2. The summed E-state index contributed by atoms with van der Waals surface area (Å²) in [5.41, 5.74) is 6.34. The number of carbonyl (C=O) groups is 1. The lowest BCUT2D eigenvalue weighted by Gasteiger charge is -2.22. The summed E-state index contributed by atoms with van der Waals surface area (Å²) >= 11 is 1.33. The Morgan fingerprint density at radius 1 is 1.30 bits per heavy atom. The minimum absolute atomic E-state index is 0.336. The molecule has 1 heterocycles. The Kier molecular flexibility index (Phi) is 7.35. The SMILES string of the molecule is CCOC(=O)c1sc(N(CCOC)CCOC)cc1N. The van der Waals surface area contributed by atoms with Gasteiger partial charge in [0.05, 0.1) is 30.5 Å². The van der Waals surface area contributed by atoms with Crippen LogP contribution in [0.5, 0.6) is 0 Å². The quantitative estimate of drug-likeness (QED) is 0.699. The van der Waals surface area contributed by atoms with Crippen molar-refractivity contribution in [1.29, 1.82) is 0 Å².